The van der Waals surface area contributed by atoms with Crippen molar-refractivity contribution in [3.05, 3.63) is 71.5 Å². The van der Waals surface area contributed by atoms with Crippen molar-refractivity contribution in [2.75, 3.05) is 5.32 Å². The maximum absolute atomic E-state index is 12.6. The van der Waals surface area contributed by atoms with Crippen molar-refractivity contribution in [1.82, 2.24) is 14.8 Å². The minimum absolute atomic E-state index is 0.303. The molecule has 3 aromatic rings. The second kappa shape index (κ2) is 8.69. The Morgan fingerprint density at radius 3 is 2.38 bits per heavy atom. The van der Waals surface area contributed by atoms with Crippen molar-refractivity contribution in [1.29, 1.82) is 0 Å². The maximum Gasteiger partial charge on any atom is 0.416 e. The number of aromatic nitrogens is 3. The van der Waals surface area contributed by atoms with Crippen molar-refractivity contribution >= 4 is 23.4 Å². The van der Waals surface area contributed by atoms with Gasteiger partial charge in [-0.05, 0) is 43.7 Å². The Labute approximate surface area is 170 Å². The second-order valence-corrected chi connectivity index (χ2v) is 7.73. The van der Waals surface area contributed by atoms with Crippen LogP contribution in [0.3, 0.4) is 0 Å². The topological polar surface area (TPSA) is 59.8 Å². The normalized spacial score (nSPS) is 12.6. The highest BCUT2D eigenvalue weighted by Crippen LogP contribution is 2.30. The summed E-state index contributed by atoms with van der Waals surface area (Å²) in [5.74, 6) is 0.397. The predicted octanol–water partition coefficient (Wildman–Crippen LogP) is 4.77. The first-order chi connectivity index (χ1) is 13.7. The predicted molar refractivity (Wildman–Crippen MR) is 106 cm³/mol. The van der Waals surface area contributed by atoms with Gasteiger partial charge in [0.25, 0.3) is 0 Å². The molecule has 29 heavy (non-hydrogen) atoms. The molecule has 0 aliphatic carbocycles. The lowest BCUT2D eigenvalue weighted by Gasteiger charge is -2.14. The number of hydrogen-bond acceptors (Lipinski definition) is 4. The zero-order chi connectivity index (χ0) is 21.0. The van der Waals surface area contributed by atoms with Crippen LogP contribution in [0.25, 0.3) is 0 Å². The Kier molecular flexibility index (Phi) is 6.26. The molecule has 1 unspecified atom stereocenters. The summed E-state index contributed by atoms with van der Waals surface area (Å²) in [5.41, 5.74) is 0.624. The lowest BCUT2D eigenvalue weighted by Crippen LogP contribution is -2.23. The number of thioether (sulfide) groups is 1. The van der Waals surface area contributed by atoms with Crippen LogP contribution in [0.1, 0.15) is 23.9 Å². The van der Waals surface area contributed by atoms with Crippen LogP contribution in [0.2, 0.25) is 0 Å². The van der Waals surface area contributed by atoms with Gasteiger partial charge in [-0.1, -0.05) is 42.1 Å². The molecule has 1 heterocycles. The van der Waals surface area contributed by atoms with Crippen LogP contribution in [0, 0.1) is 6.92 Å². The third-order valence-electron chi connectivity index (χ3n) is 4.22. The van der Waals surface area contributed by atoms with Crippen molar-refractivity contribution < 1.29 is 18.0 Å². The molecule has 5 nitrogen and oxygen atoms in total. The quantitative estimate of drug-likeness (QED) is 0.584. The van der Waals surface area contributed by atoms with E-state index in [1.807, 2.05) is 41.8 Å². The van der Waals surface area contributed by atoms with Crippen LogP contribution < -0.4 is 5.32 Å². The average molecular weight is 420 g/mol. The number of carbonyl (C=O) groups is 1. The number of carbonyl (C=O) groups excluding carboxylic acids is 1. The fourth-order valence-corrected chi connectivity index (χ4v) is 3.49. The fourth-order valence-electron chi connectivity index (χ4n) is 2.59. The van der Waals surface area contributed by atoms with Crippen LogP contribution in [0.4, 0.5) is 18.9 Å². The van der Waals surface area contributed by atoms with Crippen LogP contribution in [0.15, 0.2) is 59.8 Å². The Morgan fingerprint density at radius 2 is 1.76 bits per heavy atom. The molecule has 0 saturated carbocycles. The van der Waals surface area contributed by atoms with Crippen molar-refractivity contribution in [2.45, 2.75) is 37.0 Å². The van der Waals surface area contributed by atoms with E-state index in [9.17, 15) is 18.0 Å². The van der Waals surface area contributed by atoms with E-state index >= 15 is 0 Å². The van der Waals surface area contributed by atoms with E-state index < -0.39 is 17.0 Å². The zero-order valence-corrected chi connectivity index (χ0v) is 16.6. The molecule has 1 atom stereocenters. The van der Waals surface area contributed by atoms with Gasteiger partial charge in [0.05, 0.1) is 17.4 Å². The van der Waals surface area contributed by atoms with Crippen molar-refractivity contribution in [3.63, 3.8) is 0 Å². The number of nitrogens with one attached hydrogen (secondary N) is 1. The molecule has 1 amide bonds. The standard InChI is InChI=1S/C20H19F3N4OS/c1-13(18(28)24-17-10-8-16(9-11-17)20(21,22)23)29-19-26-25-14(2)27(19)12-15-6-4-3-5-7-15/h3-11,13H,12H2,1-2H3,(H,24,28). The van der Waals surface area contributed by atoms with E-state index in [0.29, 0.717) is 17.4 Å². The highest BCUT2D eigenvalue weighted by Gasteiger charge is 2.30. The van der Waals surface area contributed by atoms with Crippen LogP contribution in [-0.2, 0) is 17.5 Å². The van der Waals surface area contributed by atoms with Gasteiger partial charge in [-0.2, -0.15) is 13.2 Å². The summed E-state index contributed by atoms with van der Waals surface area (Å²) in [6.45, 7) is 4.13. The van der Waals surface area contributed by atoms with E-state index in [4.69, 9.17) is 0 Å². The summed E-state index contributed by atoms with van der Waals surface area (Å²) in [6.07, 6.45) is -4.41. The van der Waals surface area contributed by atoms with Gasteiger partial charge in [0, 0.05) is 5.69 Å². The first kappa shape index (κ1) is 20.9. The van der Waals surface area contributed by atoms with Crippen LogP contribution >= 0.6 is 11.8 Å². The smallest absolute Gasteiger partial charge is 0.325 e. The SMILES string of the molecule is Cc1nnc(SC(C)C(=O)Nc2ccc(C(F)(F)F)cc2)n1Cc1ccccc1. The molecule has 0 aliphatic heterocycles. The number of rotatable bonds is 6. The highest BCUT2D eigenvalue weighted by atomic mass is 32.2. The van der Waals surface area contributed by atoms with Crippen LogP contribution in [-0.4, -0.2) is 25.9 Å². The zero-order valence-electron chi connectivity index (χ0n) is 15.8. The van der Waals surface area contributed by atoms with E-state index in [2.05, 4.69) is 15.5 Å². The van der Waals surface area contributed by atoms with Gasteiger partial charge < -0.3 is 9.88 Å². The third-order valence-corrected chi connectivity index (χ3v) is 5.30. The molecule has 0 bridgehead atoms. The summed E-state index contributed by atoms with van der Waals surface area (Å²) in [4.78, 5) is 12.5. The molecular formula is C20H19F3N4OS. The minimum Gasteiger partial charge on any atom is -0.325 e. The van der Waals surface area contributed by atoms with E-state index in [-0.39, 0.29) is 5.91 Å². The fraction of sp³-hybridized carbons (Fsp3) is 0.250. The molecule has 9 heteroatoms. The highest BCUT2D eigenvalue weighted by molar-refractivity contribution is 8.00. The minimum atomic E-state index is -4.41. The number of anilines is 1. The van der Waals surface area contributed by atoms with Crippen molar-refractivity contribution in [3.8, 4) is 0 Å². The Bertz CT molecular complexity index is 972. The van der Waals surface area contributed by atoms with E-state index in [0.717, 1.165) is 23.5 Å². The Balaban J connectivity index is 1.66. The molecule has 152 valence electrons. The number of nitrogens with zero attached hydrogens (tertiary/aromatic N) is 3. The monoisotopic (exact) mass is 420 g/mol. The number of halogens is 3. The summed E-state index contributed by atoms with van der Waals surface area (Å²) in [6, 6.07) is 14.2. The average Bonchev–Trinajstić information content (AvgIpc) is 3.02. The van der Waals surface area contributed by atoms with Gasteiger partial charge in [-0.15, -0.1) is 10.2 Å². The molecular weight excluding hydrogens is 401 g/mol. The summed E-state index contributed by atoms with van der Waals surface area (Å²) in [5, 5.41) is 11.0. The molecule has 3 rings (SSSR count). The summed E-state index contributed by atoms with van der Waals surface area (Å²) >= 11 is 1.24. The molecule has 0 radical (unpaired) electrons. The van der Waals surface area contributed by atoms with E-state index in [1.54, 1.807) is 6.92 Å². The van der Waals surface area contributed by atoms with Gasteiger partial charge in [0.1, 0.15) is 5.82 Å². The lowest BCUT2D eigenvalue weighted by atomic mass is 10.2. The number of aryl methyl sites for hydroxylation is 1. The van der Waals surface area contributed by atoms with E-state index in [1.165, 1.54) is 23.9 Å². The van der Waals surface area contributed by atoms with Gasteiger partial charge in [-0.25, -0.2) is 0 Å². The first-order valence-electron chi connectivity index (χ1n) is 8.82. The molecule has 1 N–H and O–H groups in total. The lowest BCUT2D eigenvalue weighted by molar-refractivity contribution is -0.137. The van der Waals surface area contributed by atoms with Gasteiger partial charge >= 0.3 is 6.18 Å². The third kappa shape index (κ3) is 5.38. The first-order valence-corrected chi connectivity index (χ1v) is 9.70. The number of benzene rings is 2. The molecule has 2 aromatic carbocycles. The largest absolute Gasteiger partial charge is 0.416 e. The van der Waals surface area contributed by atoms with Crippen molar-refractivity contribution in [2.24, 2.45) is 0 Å². The second-order valence-electron chi connectivity index (χ2n) is 6.43. The number of hydrogen-bond donors (Lipinski definition) is 1. The molecule has 0 aliphatic rings. The molecule has 0 saturated heterocycles. The summed E-state index contributed by atoms with van der Waals surface area (Å²) in [7, 11) is 0. The summed E-state index contributed by atoms with van der Waals surface area (Å²) < 4.78 is 39.8. The maximum atomic E-state index is 12.6. The van der Waals surface area contributed by atoms with Gasteiger partial charge in [-0.3, -0.25) is 4.79 Å². The molecule has 0 fully saturated rings. The number of alkyl halides is 3. The molecule has 1 aromatic heterocycles. The van der Waals surface area contributed by atoms with Gasteiger partial charge in [0.2, 0.25) is 5.91 Å². The Morgan fingerprint density at radius 1 is 1.10 bits per heavy atom. The Hall–Kier alpha value is -2.81. The van der Waals surface area contributed by atoms with Gasteiger partial charge in [0.15, 0.2) is 5.16 Å². The number of amides is 1. The molecule has 0 spiro atoms. The van der Waals surface area contributed by atoms with Crippen LogP contribution in [0.5, 0.6) is 0 Å².